The van der Waals surface area contributed by atoms with Crippen LogP contribution in [0.5, 0.6) is 5.75 Å². The monoisotopic (exact) mass is 275 g/mol. The second-order valence-electron chi connectivity index (χ2n) is 4.43. The molecule has 20 heavy (non-hydrogen) atoms. The first-order chi connectivity index (χ1) is 9.86. The van der Waals surface area contributed by atoms with E-state index in [-0.39, 0.29) is 0 Å². The van der Waals surface area contributed by atoms with Gasteiger partial charge >= 0.3 is 0 Å². The highest BCUT2D eigenvalue weighted by molar-refractivity contribution is 5.91. The molecule has 0 aliphatic rings. The lowest BCUT2D eigenvalue weighted by Crippen LogP contribution is -2.10. The van der Waals surface area contributed by atoms with Crippen molar-refractivity contribution in [2.45, 2.75) is 6.54 Å². The van der Waals surface area contributed by atoms with Gasteiger partial charge in [-0.2, -0.15) is 0 Å². The van der Waals surface area contributed by atoms with Gasteiger partial charge < -0.3 is 19.9 Å². The Morgan fingerprint density at radius 2 is 1.65 bits per heavy atom. The third-order valence-electron chi connectivity index (χ3n) is 3.11. The summed E-state index contributed by atoms with van der Waals surface area (Å²) in [5.74, 6) is 0.869. The van der Waals surface area contributed by atoms with E-state index in [2.05, 4.69) is 12.1 Å². The van der Waals surface area contributed by atoms with E-state index in [0.29, 0.717) is 33.0 Å². The van der Waals surface area contributed by atoms with Crippen molar-refractivity contribution in [2.75, 3.05) is 33.5 Å². The molecule has 0 heterocycles. The van der Waals surface area contributed by atoms with Crippen molar-refractivity contribution in [2.24, 2.45) is 5.73 Å². The Balaban J connectivity index is 2.00. The fourth-order valence-electron chi connectivity index (χ4n) is 2.09. The van der Waals surface area contributed by atoms with Crippen LogP contribution in [0.25, 0.3) is 10.8 Å². The van der Waals surface area contributed by atoms with Gasteiger partial charge in [0, 0.05) is 19.0 Å². The van der Waals surface area contributed by atoms with Crippen molar-refractivity contribution in [3.05, 3.63) is 42.0 Å². The molecular formula is C16H21NO3. The van der Waals surface area contributed by atoms with Crippen LogP contribution in [0.3, 0.4) is 0 Å². The minimum Gasteiger partial charge on any atom is -0.491 e. The number of benzene rings is 2. The minimum absolute atomic E-state index is 0.523. The fraction of sp³-hybridized carbons (Fsp3) is 0.375. The normalized spacial score (nSPS) is 10.9. The standard InChI is InChI=1S/C16H21NO3/c1-18-8-9-19-10-11-20-16-7-6-13(12-17)14-4-2-3-5-15(14)16/h2-7H,8-12,17H2,1H3. The zero-order valence-corrected chi connectivity index (χ0v) is 11.8. The minimum atomic E-state index is 0.523. The van der Waals surface area contributed by atoms with Gasteiger partial charge in [0.2, 0.25) is 0 Å². The van der Waals surface area contributed by atoms with Gasteiger partial charge in [0.1, 0.15) is 12.4 Å². The van der Waals surface area contributed by atoms with Crippen molar-refractivity contribution in [3.63, 3.8) is 0 Å². The summed E-state index contributed by atoms with van der Waals surface area (Å²) in [6.45, 7) is 2.80. The van der Waals surface area contributed by atoms with Crippen LogP contribution in [0, 0.1) is 0 Å². The fourth-order valence-corrected chi connectivity index (χ4v) is 2.09. The summed E-state index contributed by atoms with van der Waals surface area (Å²) in [7, 11) is 1.66. The first kappa shape index (κ1) is 14.8. The molecule has 2 rings (SSSR count). The van der Waals surface area contributed by atoms with E-state index >= 15 is 0 Å². The molecule has 0 amide bonds. The predicted octanol–water partition coefficient (Wildman–Crippen LogP) is 2.34. The van der Waals surface area contributed by atoms with Gasteiger partial charge in [-0.05, 0) is 17.0 Å². The van der Waals surface area contributed by atoms with Crippen molar-refractivity contribution in [1.29, 1.82) is 0 Å². The average molecular weight is 275 g/mol. The summed E-state index contributed by atoms with van der Waals surface area (Å²) < 4.78 is 16.1. The average Bonchev–Trinajstić information content (AvgIpc) is 2.50. The number of rotatable bonds is 8. The molecule has 4 nitrogen and oxygen atoms in total. The highest BCUT2D eigenvalue weighted by Crippen LogP contribution is 2.28. The molecule has 4 heteroatoms. The number of ether oxygens (including phenoxy) is 3. The van der Waals surface area contributed by atoms with Gasteiger partial charge in [-0.3, -0.25) is 0 Å². The summed E-state index contributed by atoms with van der Waals surface area (Å²) in [4.78, 5) is 0. The van der Waals surface area contributed by atoms with E-state index in [1.807, 2.05) is 24.3 Å². The topological polar surface area (TPSA) is 53.7 Å². The maximum atomic E-state index is 5.79. The lowest BCUT2D eigenvalue weighted by molar-refractivity contribution is 0.0547. The Morgan fingerprint density at radius 1 is 0.900 bits per heavy atom. The third-order valence-corrected chi connectivity index (χ3v) is 3.11. The molecule has 0 fully saturated rings. The number of nitrogens with two attached hydrogens (primary N) is 1. The van der Waals surface area contributed by atoms with E-state index in [1.54, 1.807) is 7.11 Å². The van der Waals surface area contributed by atoms with Gasteiger partial charge in [-0.25, -0.2) is 0 Å². The molecule has 0 atom stereocenters. The van der Waals surface area contributed by atoms with Crippen molar-refractivity contribution in [1.82, 2.24) is 0 Å². The number of hydrogen-bond acceptors (Lipinski definition) is 4. The third kappa shape index (κ3) is 3.70. The lowest BCUT2D eigenvalue weighted by atomic mass is 10.0. The SMILES string of the molecule is COCCOCCOc1ccc(CN)c2ccccc12. The van der Waals surface area contributed by atoms with E-state index < -0.39 is 0 Å². The van der Waals surface area contributed by atoms with Crippen molar-refractivity contribution >= 4 is 10.8 Å². The molecule has 0 aliphatic heterocycles. The number of methoxy groups -OCH3 is 1. The molecule has 0 radical (unpaired) electrons. The Labute approximate surface area is 119 Å². The summed E-state index contributed by atoms with van der Waals surface area (Å²) in [6.07, 6.45) is 0. The van der Waals surface area contributed by atoms with Crippen LogP contribution in [0.1, 0.15) is 5.56 Å². The Kier molecular flexibility index (Phi) is 5.80. The van der Waals surface area contributed by atoms with Crippen LogP contribution in [0.4, 0.5) is 0 Å². The number of hydrogen-bond donors (Lipinski definition) is 1. The maximum absolute atomic E-state index is 5.79. The quantitative estimate of drug-likeness (QED) is 0.751. The van der Waals surface area contributed by atoms with Crippen LogP contribution >= 0.6 is 0 Å². The lowest BCUT2D eigenvalue weighted by Gasteiger charge is -2.12. The maximum Gasteiger partial charge on any atom is 0.127 e. The molecule has 0 aliphatic carbocycles. The van der Waals surface area contributed by atoms with Gasteiger partial charge in [0.15, 0.2) is 0 Å². The zero-order chi connectivity index (χ0) is 14.2. The summed E-state index contributed by atoms with van der Waals surface area (Å²) >= 11 is 0. The Bertz CT molecular complexity index is 542. The van der Waals surface area contributed by atoms with Crippen LogP contribution in [0.2, 0.25) is 0 Å². The molecule has 0 spiro atoms. The van der Waals surface area contributed by atoms with Crippen LogP contribution in [-0.2, 0) is 16.0 Å². The van der Waals surface area contributed by atoms with Gasteiger partial charge in [0.25, 0.3) is 0 Å². The van der Waals surface area contributed by atoms with E-state index in [4.69, 9.17) is 19.9 Å². The molecule has 108 valence electrons. The first-order valence-corrected chi connectivity index (χ1v) is 6.77. The van der Waals surface area contributed by atoms with Crippen LogP contribution in [0.15, 0.2) is 36.4 Å². The van der Waals surface area contributed by atoms with Crippen LogP contribution < -0.4 is 10.5 Å². The molecule has 2 aromatic carbocycles. The zero-order valence-electron chi connectivity index (χ0n) is 11.8. The second kappa shape index (κ2) is 7.85. The van der Waals surface area contributed by atoms with Gasteiger partial charge in [-0.15, -0.1) is 0 Å². The molecule has 0 aromatic heterocycles. The molecular weight excluding hydrogens is 254 g/mol. The van der Waals surface area contributed by atoms with Crippen molar-refractivity contribution in [3.8, 4) is 5.75 Å². The summed E-state index contributed by atoms with van der Waals surface area (Å²) in [5.41, 5.74) is 6.89. The Hall–Kier alpha value is -1.62. The predicted molar refractivity (Wildman–Crippen MR) is 80.0 cm³/mol. The molecule has 0 unspecified atom stereocenters. The molecule has 0 bridgehead atoms. The Morgan fingerprint density at radius 3 is 2.40 bits per heavy atom. The summed E-state index contributed by atoms with van der Waals surface area (Å²) in [5, 5.41) is 2.24. The molecule has 0 saturated heterocycles. The van der Waals surface area contributed by atoms with E-state index in [0.717, 1.165) is 22.1 Å². The van der Waals surface area contributed by atoms with Gasteiger partial charge in [-0.1, -0.05) is 30.3 Å². The second-order valence-corrected chi connectivity index (χ2v) is 4.43. The van der Waals surface area contributed by atoms with Crippen LogP contribution in [-0.4, -0.2) is 33.5 Å². The van der Waals surface area contributed by atoms with E-state index in [9.17, 15) is 0 Å². The smallest absolute Gasteiger partial charge is 0.127 e. The largest absolute Gasteiger partial charge is 0.491 e. The summed E-state index contributed by atoms with van der Waals surface area (Å²) in [6, 6.07) is 12.1. The highest BCUT2D eigenvalue weighted by Gasteiger charge is 2.05. The highest BCUT2D eigenvalue weighted by atomic mass is 16.5. The van der Waals surface area contributed by atoms with Crippen molar-refractivity contribution < 1.29 is 14.2 Å². The van der Waals surface area contributed by atoms with E-state index in [1.165, 1.54) is 0 Å². The molecule has 2 N–H and O–H groups in total. The van der Waals surface area contributed by atoms with Gasteiger partial charge in [0.05, 0.1) is 19.8 Å². The molecule has 0 saturated carbocycles. The number of fused-ring (bicyclic) bond motifs is 1. The first-order valence-electron chi connectivity index (χ1n) is 6.77. The molecule has 2 aromatic rings.